The van der Waals surface area contributed by atoms with Crippen LogP contribution in [0.2, 0.25) is 0 Å². The maximum absolute atomic E-state index is 13.7. The third-order valence-electron chi connectivity index (χ3n) is 7.47. The number of halogens is 1. The van der Waals surface area contributed by atoms with Crippen LogP contribution in [0.1, 0.15) is 59.4 Å². The highest BCUT2D eigenvalue weighted by Gasteiger charge is 2.43. The van der Waals surface area contributed by atoms with E-state index in [1.165, 1.54) is 0 Å². The molecular weight excluding hydrogens is 482 g/mol. The number of nitrogens with one attached hydrogen (secondary N) is 1. The Morgan fingerprint density at radius 3 is 2.55 bits per heavy atom. The highest BCUT2D eigenvalue weighted by Crippen LogP contribution is 2.46. The van der Waals surface area contributed by atoms with Gasteiger partial charge in [-0.2, -0.15) is 5.26 Å². The molecule has 3 heterocycles. The van der Waals surface area contributed by atoms with Gasteiger partial charge in [0.25, 0.3) is 0 Å². The van der Waals surface area contributed by atoms with E-state index in [2.05, 4.69) is 51.8 Å². The molecule has 2 aliphatic heterocycles. The zero-order valence-corrected chi connectivity index (χ0v) is 20.2. The monoisotopic (exact) mass is 505 g/mol. The summed E-state index contributed by atoms with van der Waals surface area (Å²) in [5, 5.41) is 10.9. The molecule has 1 spiro atoms. The second-order valence-corrected chi connectivity index (χ2v) is 10.6. The van der Waals surface area contributed by atoms with E-state index in [4.69, 9.17) is 9.47 Å². The van der Waals surface area contributed by atoms with E-state index in [-0.39, 0.29) is 5.78 Å². The molecule has 3 aromatic rings. The van der Waals surface area contributed by atoms with Crippen LogP contribution in [-0.2, 0) is 14.9 Å². The number of hydrogen-bond donors (Lipinski definition) is 1. The summed E-state index contributed by atoms with van der Waals surface area (Å²) in [4.78, 5) is 19.4. The standard InChI is InChI=1S/C26H24BrN3O3/c1-25(2)19-13-21(30-7-5-26(6-8-30)32-9-10-33-26)15(14-28)11-18(19)23(31)22-17-4-3-16(27)12-20(17)29-24(22)25/h3-4,11-13,29H,5-10H2,1-2H3. The summed E-state index contributed by atoms with van der Waals surface area (Å²) >= 11 is 3.53. The second-order valence-electron chi connectivity index (χ2n) is 9.64. The molecular formula is C26H24BrN3O3. The van der Waals surface area contributed by atoms with Gasteiger partial charge in [0, 0.05) is 58.0 Å². The molecule has 2 saturated heterocycles. The number of hydrogen-bond acceptors (Lipinski definition) is 5. The molecule has 0 unspecified atom stereocenters. The van der Waals surface area contributed by atoms with Crippen molar-refractivity contribution in [2.24, 2.45) is 0 Å². The van der Waals surface area contributed by atoms with Crippen LogP contribution in [0.15, 0.2) is 34.8 Å². The van der Waals surface area contributed by atoms with Gasteiger partial charge in [-0.3, -0.25) is 4.79 Å². The van der Waals surface area contributed by atoms with E-state index in [0.717, 1.165) is 58.3 Å². The zero-order chi connectivity index (χ0) is 23.0. The van der Waals surface area contributed by atoms with Crippen molar-refractivity contribution in [3.05, 3.63) is 62.8 Å². The summed E-state index contributed by atoms with van der Waals surface area (Å²) in [6.07, 6.45) is 1.52. The third kappa shape index (κ3) is 3.01. The summed E-state index contributed by atoms with van der Waals surface area (Å²) in [5.41, 5.74) is 5.14. The number of ether oxygens (including phenoxy) is 2. The van der Waals surface area contributed by atoms with Gasteiger partial charge in [0.15, 0.2) is 11.6 Å². The van der Waals surface area contributed by atoms with Crippen molar-refractivity contribution in [2.75, 3.05) is 31.2 Å². The first-order valence-corrected chi connectivity index (χ1v) is 12.1. The predicted octanol–water partition coefficient (Wildman–Crippen LogP) is 5.02. The third-order valence-corrected chi connectivity index (χ3v) is 7.96. The topological polar surface area (TPSA) is 78.3 Å². The second kappa shape index (κ2) is 7.17. The molecule has 1 aliphatic carbocycles. The molecule has 6 rings (SSSR count). The maximum Gasteiger partial charge on any atom is 0.195 e. The zero-order valence-electron chi connectivity index (χ0n) is 18.6. The average molecular weight is 506 g/mol. The Morgan fingerprint density at radius 2 is 1.85 bits per heavy atom. The van der Waals surface area contributed by atoms with Crippen LogP contribution < -0.4 is 4.90 Å². The molecule has 1 aromatic heterocycles. The number of ketones is 1. The lowest BCUT2D eigenvalue weighted by Gasteiger charge is -2.40. The number of aromatic amines is 1. The number of fused-ring (bicyclic) bond motifs is 4. The van der Waals surface area contributed by atoms with Gasteiger partial charge in [0.05, 0.1) is 30.0 Å². The number of piperidine rings is 1. The minimum atomic E-state index is -0.472. The predicted molar refractivity (Wildman–Crippen MR) is 129 cm³/mol. The van der Waals surface area contributed by atoms with Crippen LogP contribution in [0.3, 0.4) is 0 Å². The average Bonchev–Trinajstić information content (AvgIpc) is 3.42. The van der Waals surface area contributed by atoms with Crippen LogP contribution in [0, 0.1) is 11.3 Å². The Morgan fingerprint density at radius 1 is 1.12 bits per heavy atom. The highest BCUT2D eigenvalue weighted by molar-refractivity contribution is 9.10. The van der Waals surface area contributed by atoms with Crippen molar-refractivity contribution >= 4 is 38.3 Å². The molecule has 3 aliphatic rings. The normalized spacial score (nSPS) is 20.7. The largest absolute Gasteiger partial charge is 0.370 e. The number of rotatable bonds is 1. The quantitative estimate of drug-likeness (QED) is 0.502. The fourth-order valence-corrected chi connectivity index (χ4v) is 6.02. The van der Waals surface area contributed by atoms with Crippen molar-refractivity contribution in [3.63, 3.8) is 0 Å². The van der Waals surface area contributed by atoms with E-state index < -0.39 is 11.2 Å². The molecule has 2 aromatic carbocycles. The van der Waals surface area contributed by atoms with Crippen molar-refractivity contribution in [1.29, 1.82) is 5.26 Å². The molecule has 0 amide bonds. The Kier molecular flexibility index (Phi) is 4.54. The lowest BCUT2D eigenvalue weighted by Crippen LogP contribution is -2.45. The lowest BCUT2D eigenvalue weighted by molar-refractivity contribution is -0.169. The molecule has 0 bridgehead atoms. The van der Waals surface area contributed by atoms with E-state index in [1.54, 1.807) is 6.07 Å². The molecule has 7 heteroatoms. The van der Waals surface area contributed by atoms with E-state index in [1.807, 2.05) is 18.2 Å². The van der Waals surface area contributed by atoms with Crippen molar-refractivity contribution in [3.8, 4) is 6.07 Å². The van der Waals surface area contributed by atoms with Gasteiger partial charge < -0.3 is 19.4 Å². The first kappa shape index (κ1) is 20.9. The fraction of sp³-hybridized carbons (Fsp3) is 0.385. The number of H-pyrrole nitrogens is 1. The molecule has 0 saturated carbocycles. The lowest BCUT2D eigenvalue weighted by atomic mass is 9.70. The Labute approximate surface area is 200 Å². The minimum Gasteiger partial charge on any atom is -0.370 e. The van der Waals surface area contributed by atoms with Gasteiger partial charge in [-0.1, -0.05) is 35.8 Å². The minimum absolute atomic E-state index is 0.0266. The van der Waals surface area contributed by atoms with Gasteiger partial charge in [-0.15, -0.1) is 0 Å². The summed E-state index contributed by atoms with van der Waals surface area (Å²) < 4.78 is 12.7. The molecule has 33 heavy (non-hydrogen) atoms. The Bertz CT molecular complexity index is 1350. The Hall–Kier alpha value is -2.66. The highest BCUT2D eigenvalue weighted by atomic mass is 79.9. The molecule has 0 atom stereocenters. The van der Waals surface area contributed by atoms with Crippen LogP contribution in [0.5, 0.6) is 0 Å². The maximum atomic E-state index is 13.7. The number of nitrogens with zero attached hydrogens (tertiary/aromatic N) is 2. The molecule has 168 valence electrons. The van der Waals surface area contributed by atoms with Gasteiger partial charge in [0.1, 0.15) is 6.07 Å². The molecule has 0 radical (unpaired) electrons. The van der Waals surface area contributed by atoms with Crippen LogP contribution in [0.4, 0.5) is 5.69 Å². The number of carbonyl (C=O) groups is 1. The van der Waals surface area contributed by atoms with Crippen LogP contribution in [-0.4, -0.2) is 42.9 Å². The molecule has 6 nitrogen and oxygen atoms in total. The van der Waals surface area contributed by atoms with E-state index in [0.29, 0.717) is 29.9 Å². The number of aromatic nitrogens is 1. The van der Waals surface area contributed by atoms with E-state index in [9.17, 15) is 10.1 Å². The van der Waals surface area contributed by atoms with Gasteiger partial charge in [0.2, 0.25) is 0 Å². The van der Waals surface area contributed by atoms with Crippen LogP contribution in [0.25, 0.3) is 10.9 Å². The molecule has 1 N–H and O–H groups in total. The van der Waals surface area contributed by atoms with E-state index >= 15 is 0 Å². The summed E-state index contributed by atoms with van der Waals surface area (Å²) in [6.45, 7) is 7.05. The van der Waals surface area contributed by atoms with Crippen molar-refractivity contribution < 1.29 is 14.3 Å². The first-order chi connectivity index (χ1) is 15.8. The summed E-state index contributed by atoms with van der Waals surface area (Å²) in [7, 11) is 0. The summed E-state index contributed by atoms with van der Waals surface area (Å²) in [6, 6.07) is 12.1. The van der Waals surface area contributed by atoms with Crippen molar-refractivity contribution in [1.82, 2.24) is 4.98 Å². The smallest absolute Gasteiger partial charge is 0.195 e. The van der Waals surface area contributed by atoms with Crippen molar-refractivity contribution in [2.45, 2.75) is 37.9 Å². The number of benzene rings is 2. The number of nitriles is 1. The SMILES string of the molecule is CC1(C)c2cc(N3CCC4(CC3)OCCO4)c(C#N)cc2C(=O)c2c1[nH]c1cc(Br)ccc21. The number of anilines is 1. The Balaban J connectivity index is 1.46. The first-order valence-electron chi connectivity index (χ1n) is 11.3. The molecule has 2 fully saturated rings. The van der Waals surface area contributed by atoms with Crippen LogP contribution >= 0.6 is 15.9 Å². The fourth-order valence-electron chi connectivity index (χ4n) is 5.66. The van der Waals surface area contributed by atoms with Gasteiger partial charge in [-0.25, -0.2) is 0 Å². The van der Waals surface area contributed by atoms with Gasteiger partial charge >= 0.3 is 0 Å². The summed E-state index contributed by atoms with van der Waals surface area (Å²) in [5.74, 6) is -0.499. The number of carbonyl (C=O) groups excluding carboxylic acids is 1. The van der Waals surface area contributed by atoms with Gasteiger partial charge in [-0.05, 0) is 29.8 Å².